The molecule has 0 aliphatic heterocycles. The number of methoxy groups -OCH3 is 2. The number of rotatable bonds is 8. The van der Waals surface area contributed by atoms with Gasteiger partial charge in [0, 0.05) is 0 Å². The number of sulfonamides is 1. The van der Waals surface area contributed by atoms with E-state index in [0.717, 1.165) is 5.56 Å². The van der Waals surface area contributed by atoms with Crippen LogP contribution in [0.4, 0.5) is 5.69 Å². The van der Waals surface area contributed by atoms with Crippen molar-refractivity contribution in [2.75, 3.05) is 18.5 Å². The number of anilines is 1. The molecule has 33 heavy (non-hydrogen) atoms. The standard InChI is InChI=1S/C24H26N2O6S/c1-16-12-17(2)23(22(13-16)24(27)25-28)26(15-18-6-5-7-20(14-18)32-4)33(29,30)21-10-8-19(31-3)9-11-21/h5-14,28H,15H2,1-4H3,(H,25,27). The minimum absolute atomic E-state index is 0.0292. The Balaban J connectivity index is 2.24. The van der Waals surface area contributed by atoms with Crippen LogP contribution in [-0.4, -0.2) is 33.8 Å². The van der Waals surface area contributed by atoms with E-state index < -0.39 is 15.9 Å². The third-order valence-electron chi connectivity index (χ3n) is 5.15. The Morgan fingerprint density at radius 3 is 2.24 bits per heavy atom. The third-order valence-corrected chi connectivity index (χ3v) is 6.91. The molecule has 0 aromatic heterocycles. The quantitative estimate of drug-likeness (QED) is 0.383. The zero-order valence-electron chi connectivity index (χ0n) is 18.8. The summed E-state index contributed by atoms with van der Waals surface area (Å²) in [6, 6.07) is 16.3. The van der Waals surface area contributed by atoms with Crippen LogP contribution in [0.5, 0.6) is 11.5 Å². The van der Waals surface area contributed by atoms with Crippen LogP contribution in [0.15, 0.2) is 65.6 Å². The number of aryl methyl sites for hydroxylation is 2. The second kappa shape index (κ2) is 9.93. The molecule has 3 rings (SSSR count). The maximum atomic E-state index is 13.9. The molecule has 0 aliphatic carbocycles. The van der Waals surface area contributed by atoms with E-state index in [1.807, 2.05) is 0 Å². The molecule has 0 bridgehead atoms. The number of carbonyl (C=O) groups is 1. The number of carbonyl (C=O) groups excluding carboxylic acids is 1. The zero-order chi connectivity index (χ0) is 24.2. The predicted molar refractivity (Wildman–Crippen MR) is 125 cm³/mol. The van der Waals surface area contributed by atoms with Crippen LogP contribution < -0.4 is 19.3 Å². The van der Waals surface area contributed by atoms with Gasteiger partial charge >= 0.3 is 0 Å². The fraction of sp³-hybridized carbons (Fsp3) is 0.208. The Bertz CT molecular complexity index is 1260. The second-order valence-corrected chi connectivity index (χ2v) is 9.32. The molecule has 0 heterocycles. The first-order valence-corrected chi connectivity index (χ1v) is 11.5. The lowest BCUT2D eigenvalue weighted by Crippen LogP contribution is -2.34. The molecule has 0 fully saturated rings. The Morgan fingerprint density at radius 2 is 1.64 bits per heavy atom. The molecule has 9 heteroatoms. The van der Waals surface area contributed by atoms with Gasteiger partial charge in [-0.2, -0.15) is 0 Å². The van der Waals surface area contributed by atoms with Gasteiger partial charge in [-0.05, 0) is 73.0 Å². The van der Waals surface area contributed by atoms with E-state index in [0.29, 0.717) is 22.6 Å². The maximum Gasteiger partial charge on any atom is 0.276 e. The zero-order valence-corrected chi connectivity index (χ0v) is 19.6. The van der Waals surface area contributed by atoms with Gasteiger partial charge in [-0.25, -0.2) is 13.9 Å². The van der Waals surface area contributed by atoms with Crippen molar-refractivity contribution < 1.29 is 27.9 Å². The average molecular weight is 471 g/mol. The first-order chi connectivity index (χ1) is 15.7. The van der Waals surface area contributed by atoms with Crippen LogP contribution in [0.1, 0.15) is 27.0 Å². The monoisotopic (exact) mass is 470 g/mol. The number of ether oxygens (including phenoxy) is 2. The van der Waals surface area contributed by atoms with Crippen LogP contribution in [-0.2, 0) is 16.6 Å². The lowest BCUT2D eigenvalue weighted by Gasteiger charge is -2.28. The van der Waals surface area contributed by atoms with Crippen LogP contribution in [0.25, 0.3) is 0 Å². The first-order valence-electron chi connectivity index (χ1n) is 10.1. The smallest absolute Gasteiger partial charge is 0.276 e. The fourth-order valence-corrected chi connectivity index (χ4v) is 5.16. The second-order valence-electron chi connectivity index (χ2n) is 7.46. The molecule has 3 aromatic carbocycles. The molecule has 0 unspecified atom stereocenters. The summed E-state index contributed by atoms with van der Waals surface area (Å²) in [5, 5.41) is 9.31. The van der Waals surface area contributed by atoms with Crippen LogP contribution in [0, 0.1) is 13.8 Å². The fourth-order valence-electron chi connectivity index (χ4n) is 3.62. The largest absolute Gasteiger partial charge is 0.497 e. The third kappa shape index (κ3) is 5.10. The van der Waals surface area contributed by atoms with Crippen molar-refractivity contribution in [3.63, 3.8) is 0 Å². The van der Waals surface area contributed by atoms with E-state index >= 15 is 0 Å². The minimum atomic E-state index is -4.12. The molecule has 3 aromatic rings. The van der Waals surface area contributed by atoms with Crippen LogP contribution >= 0.6 is 0 Å². The molecule has 0 aliphatic rings. The van der Waals surface area contributed by atoms with Crippen molar-refractivity contribution in [3.8, 4) is 11.5 Å². The van der Waals surface area contributed by atoms with Gasteiger partial charge in [-0.1, -0.05) is 18.2 Å². The normalized spacial score (nSPS) is 11.1. The van der Waals surface area contributed by atoms with Gasteiger partial charge in [0.25, 0.3) is 15.9 Å². The SMILES string of the molecule is COc1ccc(S(=O)(=O)N(Cc2cccc(OC)c2)c2c(C)cc(C)cc2C(=O)NO)cc1. The number of nitrogens with one attached hydrogen (secondary N) is 1. The number of nitrogens with zero attached hydrogens (tertiary/aromatic N) is 1. The van der Waals surface area contributed by atoms with E-state index in [1.54, 1.807) is 61.8 Å². The molecule has 8 nitrogen and oxygen atoms in total. The maximum absolute atomic E-state index is 13.9. The summed E-state index contributed by atoms with van der Waals surface area (Å²) in [4.78, 5) is 12.6. The van der Waals surface area contributed by atoms with E-state index in [-0.39, 0.29) is 22.7 Å². The highest BCUT2D eigenvalue weighted by atomic mass is 32.2. The summed E-state index contributed by atoms with van der Waals surface area (Å²) in [5.41, 5.74) is 3.80. The predicted octanol–water partition coefficient (Wildman–Crippen LogP) is 3.84. The lowest BCUT2D eigenvalue weighted by molar-refractivity contribution is 0.0707. The van der Waals surface area contributed by atoms with Crippen LogP contribution in [0.3, 0.4) is 0 Å². The molecule has 0 spiro atoms. The molecule has 0 radical (unpaired) electrons. The number of hydroxylamine groups is 1. The van der Waals surface area contributed by atoms with Gasteiger partial charge in [0.2, 0.25) is 0 Å². The van der Waals surface area contributed by atoms with Gasteiger partial charge in [-0.3, -0.25) is 14.3 Å². The van der Waals surface area contributed by atoms with Crippen molar-refractivity contribution in [1.29, 1.82) is 0 Å². The van der Waals surface area contributed by atoms with Crippen molar-refractivity contribution in [2.45, 2.75) is 25.3 Å². The van der Waals surface area contributed by atoms with Crippen molar-refractivity contribution in [2.24, 2.45) is 0 Å². The number of hydrogen-bond acceptors (Lipinski definition) is 6. The summed E-state index contributed by atoms with van der Waals surface area (Å²) >= 11 is 0. The highest BCUT2D eigenvalue weighted by molar-refractivity contribution is 7.92. The Kier molecular flexibility index (Phi) is 7.25. The number of hydrogen-bond donors (Lipinski definition) is 2. The Morgan fingerprint density at radius 1 is 0.970 bits per heavy atom. The van der Waals surface area contributed by atoms with Gasteiger partial charge in [0.15, 0.2) is 0 Å². The summed E-state index contributed by atoms with van der Waals surface area (Å²) < 4.78 is 39.3. The van der Waals surface area contributed by atoms with Crippen molar-refractivity contribution >= 4 is 21.6 Å². The van der Waals surface area contributed by atoms with Gasteiger partial charge in [0.05, 0.1) is 36.9 Å². The minimum Gasteiger partial charge on any atom is -0.497 e. The first kappa shape index (κ1) is 24.1. The topological polar surface area (TPSA) is 105 Å². The highest BCUT2D eigenvalue weighted by Crippen LogP contribution is 2.34. The van der Waals surface area contributed by atoms with E-state index in [4.69, 9.17) is 9.47 Å². The van der Waals surface area contributed by atoms with Crippen molar-refractivity contribution in [3.05, 3.63) is 82.9 Å². The molecular formula is C24H26N2O6S. The molecule has 0 atom stereocenters. The molecule has 174 valence electrons. The summed E-state index contributed by atoms with van der Waals surface area (Å²) in [5.74, 6) is 0.279. The molecule has 1 amide bonds. The van der Waals surface area contributed by atoms with Gasteiger partial charge in [-0.15, -0.1) is 0 Å². The lowest BCUT2D eigenvalue weighted by atomic mass is 10.0. The number of amides is 1. The van der Waals surface area contributed by atoms with E-state index in [2.05, 4.69) is 0 Å². The molecule has 2 N–H and O–H groups in total. The number of benzene rings is 3. The van der Waals surface area contributed by atoms with E-state index in [1.165, 1.54) is 36.7 Å². The van der Waals surface area contributed by atoms with E-state index in [9.17, 15) is 18.4 Å². The van der Waals surface area contributed by atoms with Crippen LogP contribution in [0.2, 0.25) is 0 Å². The molecule has 0 saturated heterocycles. The Labute approximate surface area is 193 Å². The highest BCUT2D eigenvalue weighted by Gasteiger charge is 2.30. The summed E-state index contributed by atoms with van der Waals surface area (Å²) in [6.45, 7) is 3.44. The average Bonchev–Trinajstić information content (AvgIpc) is 2.82. The summed E-state index contributed by atoms with van der Waals surface area (Å²) in [7, 11) is -1.10. The molecule has 0 saturated carbocycles. The van der Waals surface area contributed by atoms with Gasteiger partial charge < -0.3 is 9.47 Å². The molecular weight excluding hydrogens is 444 g/mol. The van der Waals surface area contributed by atoms with Gasteiger partial charge in [0.1, 0.15) is 11.5 Å². The van der Waals surface area contributed by atoms with Crippen molar-refractivity contribution in [1.82, 2.24) is 5.48 Å². The summed E-state index contributed by atoms with van der Waals surface area (Å²) in [6.07, 6.45) is 0. The Hall–Kier alpha value is -3.56.